The van der Waals surface area contributed by atoms with Gasteiger partial charge in [0.05, 0.1) is 18.1 Å². The number of aliphatic hydroxyl groups excluding tert-OH is 1. The number of carbonyl (C=O) groups is 1. The Bertz CT molecular complexity index is 339. The Hall–Kier alpha value is -0.870. The van der Waals surface area contributed by atoms with Crippen molar-refractivity contribution in [1.82, 2.24) is 0 Å². The number of aliphatic hydroxyl groups is 1. The van der Waals surface area contributed by atoms with E-state index in [2.05, 4.69) is 6.58 Å². The predicted molar refractivity (Wildman–Crippen MR) is 71.6 cm³/mol. The van der Waals surface area contributed by atoms with E-state index < -0.39 is 0 Å². The Morgan fingerprint density at radius 3 is 2.74 bits per heavy atom. The van der Waals surface area contributed by atoms with Gasteiger partial charge in [-0.25, -0.2) is 0 Å². The fourth-order valence-electron chi connectivity index (χ4n) is 2.89. The summed E-state index contributed by atoms with van der Waals surface area (Å²) in [5.41, 5.74) is 1.14. The minimum Gasteiger partial charge on any atom is -0.462 e. The number of hydrogen-bond acceptors (Lipinski definition) is 4. The lowest BCUT2D eigenvalue weighted by Gasteiger charge is -2.15. The molecule has 4 nitrogen and oxygen atoms in total. The van der Waals surface area contributed by atoms with Crippen LogP contribution in [-0.4, -0.2) is 36.0 Å². The van der Waals surface area contributed by atoms with Crippen molar-refractivity contribution in [3.05, 3.63) is 12.2 Å². The maximum atomic E-state index is 11.3. The molecule has 108 valence electrons. The molecule has 2 aliphatic heterocycles. The first-order valence-corrected chi connectivity index (χ1v) is 7.24. The van der Waals surface area contributed by atoms with Gasteiger partial charge in [-0.15, -0.1) is 0 Å². The van der Waals surface area contributed by atoms with Gasteiger partial charge < -0.3 is 14.6 Å². The molecule has 2 saturated heterocycles. The highest BCUT2D eigenvalue weighted by Gasteiger charge is 2.33. The Balaban J connectivity index is 1.71. The number of rotatable bonds is 6. The van der Waals surface area contributed by atoms with Crippen molar-refractivity contribution in [3.63, 3.8) is 0 Å². The first-order chi connectivity index (χ1) is 9.10. The van der Waals surface area contributed by atoms with Crippen LogP contribution in [0.15, 0.2) is 12.2 Å². The standard InChI is InChI=1S/C15H24O4/c1-10-8-12(4-3-7-16)18-14(10)6-5-13-9-11(2)15(17)19-13/h11-14,16H,1,3-9H2,2H3/t11-,12+,13-,14?/m1/s1. The van der Waals surface area contributed by atoms with Gasteiger partial charge in [0.25, 0.3) is 0 Å². The molecule has 0 saturated carbocycles. The highest BCUT2D eigenvalue weighted by atomic mass is 16.6. The van der Waals surface area contributed by atoms with E-state index in [1.54, 1.807) is 0 Å². The smallest absolute Gasteiger partial charge is 0.309 e. The predicted octanol–water partition coefficient (Wildman–Crippen LogP) is 2.20. The summed E-state index contributed by atoms with van der Waals surface area (Å²) >= 11 is 0. The van der Waals surface area contributed by atoms with E-state index in [1.807, 2.05) is 6.92 Å². The van der Waals surface area contributed by atoms with Crippen LogP contribution in [0.5, 0.6) is 0 Å². The second-order valence-electron chi connectivity index (χ2n) is 5.75. The van der Waals surface area contributed by atoms with Crippen molar-refractivity contribution in [1.29, 1.82) is 0 Å². The van der Waals surface area contributed by atoms with E-state index in [0.717, 1.165) is 44.1 Å². The van der Waals surface area contributed by atoms with Crippen molar-refractivity contribution in [2.24, 2.45) is 5.92 Å². The van der Waals surface area contributed by atoms with Crippen LogP contribution < -0.4 is 0 Å². The maximum Gasteiger partial charge on any atom is 0.309 e. The Morgan fingerprint density at radius 1 is 1.32 bits per heavy atom. The highest BCUT2D eigenvalue weighted by molar-refractivity contribution is 5.74. The summed E-state index contributed by atoms with van der Waals surface area (Å²) in [5, 5.41) is 8.83. The molecule has 0 aromatic carbocycles. The largest absolute Gasteiger partial charge is 0.462 e. The molecule has 0 amide bonds. The highest BCUT2D eigenvalue weighted by Crippen LogP contribution is 2.32. The van der Waals surface area contributed by atoms with Gasteiger partial charge in [-0.3, -0.25) is 4.79 Å². The monoisotopic (exact) mass is 268 g/mol. The summed E-state index contributed by atoms with van der Waals surface area (Å²) in [4.78, 5) is 11.3. The summed E-state index contributed by atoms with van der Waals surface area (Å²) in [6.45, 7) is 6.20. The van der Waals surface area contributed by atoms with Crippen LogP contribution in [0, 0.1) is 5.92 Å². The second-order valence-corrected chi connectivity index (χ2v) is 5.75. The van der Waals surface area contributed by atoms with Gasteiger partial charge in [0.1, 0.15) is 6.10 Å². The van der Waals surface area contributed by atoms with Gasteiger partial charge in [0.15, 0.2) is 0 Å². The minimum atomic E-state index is -0.0722. The number of carbonyl (C=O) groups excluding carboxylic acids is 1. The van der Waals surface area contributed by atoms with E-state index in [4.69, 9.17) is 14.6 Å². The van der Waals surface area contributed by atoms with E-state index in [-0.39, 0.29) is 36.8 Å². The Kier molecular flexibility index (Phi) is 4.99. The molecule has 0 aromatic rings. The average Bonchev–Trinajstić information content (AvgIpc) is 2.88. The molecule has 1 unspecified atom stereocenters. The van der Waals surface area contributed by atoms with Crippen LogP contribution in [0.4, 0.5) is 0 Å². The Morgan fingerprint density at radius 2 is 2.11 bits per heavy atom. The summed E-state index contributed by atoms with van der Waals surface area (Å²) in [6.07, 6.45) is 5.47. The normalized spacial score (nSPS) is 34.8. The number of hydrogen-bond donors (Lipinski definition) is 1. The third kappa shape index (κ3) is 3.80. The molecule has 2 fully saturated rings. The molecular weight excluding hydrogens is 244 g/mol. The average molecular weight is 268 g/mol. The second kappa shape index (κ2) is 6.53. The fourth-order valence-corrected chi connectivity index (χ4v) is 2.89. The lowest BCUT2D eigenvalue weighted by atomic mass is 9.99. The summed E-state index contributed by atoms with van der Waals surface area (Å²) in [7, 11) is 0. The molecule has 2 aliphatic rings. The molecule has 19 heavy (non-hydrogen) atoms. The molecule has 4 heteroatoms. The van der Waals surface area contributed by atoms with Crippen LogP contribution in [0.1, 0.15) is 45.4 Å². The molecule has 1 N–H and O–H groups in total. The third-order valence-electron chi connectivity index (χ3n) is 4.04. The van der Waals surface area contributed by atoms with Crippen molar-refractivity contribution >= 4 is 5.97 Å². The zero-order valence-corrected chi connectivity index (χ0v) is 11.6. The quantitative estimate of drug-likeness (QED) is 0.592. The minimum absolute atomic E-state index is 0.0370. The molecular formula is C15H24O4. The van der Waals surface area contributed by atoms with E-state index in [0.29, 0.717) is 0 Å². The van der Waals surface area contributed by atoms with Crippen LogP contribution >= 0.6 is 0 Å². The molecule has 2 heterocycles. The van der Waals surface area contributed by atoms with Gasteiger partial charge in [-0.05, 0) is 44.1 Å². The lowest BCUT2D eigenvalue weighted by Crippen LogP contribution is -2.15. The topological polar surface area (TPSA) is 55.8 Å². The van der Waals surface area contributed by atoms with E-state index in [1.165, 1.54) is 0 Å². The molecule has 0 spiro atoms. The van der Waals surface area contributed by atoms with E-state index in [9.17, 15) is 4.79 Å². The van der Waals surface area contributed by atoms with Crippen LogP contribution in [-0.2, 0) is 14.3 Å². The summed E-state index contributed by atoms with van der Waals surface area (Å²) in [6, 6.07) is 0. The first-order valence-electron chi connectivity index (χ1n) is 7.24. The molecule has 0 aliphatic carbocycles. The van der Waals surface area contributed by atoms with Crippen LogP contribution in [0.3, 0.4) is 0 Å². The molecule has 2 rings (SSSR count). The maximum absolute atomic E-state index is 11.3. The van der Waals surface area contributed by atoms with Gasteiger partial charge >= 0.3 is 5.97 Å². The van der Waals surface area contributed by atoms with E-state index >= 15 is 0 Å². The molecule has 0 bridgehead atoms. The van der Waals surface area contributed by atoms with Crippen molar-refractivity contribution in [3.8, 4) is 0 Å². The SMILES string of the molecule is C=C1C[C@H](CCCO)OC1CC[C@@H]1C[C@@H](C)C(=O)O1. The molecule has 4 atom stereocenters. The first kappa shape index (κ1) is 14.5. The van der Waals surface area contributed by atoms with Crippen molar-refractivity contribution < 1.29 is 19.4 Å². The van der Waals surface area contributed by atoms with Crippen molar-refractivity contribution in [2.75, 3.05) is 6.61 Å². The summed E-state index contributed by atoms with van der Waals surface area (Å²) in [5.74, 6) is -0.0352. The van der Waals surface area contributed by atoms with Gasteiger partial charge in [-0.2, -0.15) is 0 Å². The Labute approximate surface area is 114 Å². The van der Waals surface area contributed by atoms with Gasteiger partial charge in [-0.1, -0.05) is 13.5 Å². The zero-order chi connectivity index (χ0) is 13.8. The molecule has 0 aromatic heterocycles. The van der Waals surface area contributed by atoms with Gasteiger partial charge in [0.2, 0.25) is 0 Å². The lowest BCUT2D eigenvalue weighted by molar-refractivity contribution is -0.144. The van der Waals surface area contributed by atoms with Gasteiger partial charge in [0, 0.05) is 6.61 Å². The number of ether oxygens (including phenoxy) is 2. The van der Waals surface area contributed by atoms with Crippen LogP contribution in [0.25, 0.3) is 0 Å². The van der Waals surface area contributed by atoms with Crippen molar-refractivity contribution in [2.45, 2.75) is 63.8 Å². The zero-order valence-electron chi connectivity index (χ0n) is 11.6. The molecule has 0 radical (unpaired) electrons. The summed E-state index contributed by atoms with van der Waals surface area (Å²) < 4.78 is 11.2. The number of cyclic esters (lactones) is 1. The third-order valence-corrected chi connectivity index (χ3v) is 4.04. The fraction of sp³-hybridized carbons (Fsp3) is 0.800. The van der Waals surface area contributed by atoms with Crippen LogP contribution in [0.2, 0.25) is 0 Å². The number of esters is 1.